The van der Waals surface area contributed by atoms with Crippen LogP contribution in [0.25, 0.3) is 0 Å². The van der Waals surface area contributed by atoms with Gasteiger partial charge in [0, 0.05) is 56.0 Å². The lowest BCUT2D eigenvalue weighted by atomic mass is 9.97. The van der Waals surface area contributed by atoms with Crippen molar-refractivity contribution in [2.75, 3.05) is 22.9 Å². The fraction of sp³-hybridized carbons (Fsp3) is 0.538. The summed E-state index contributed by atoms with van der Waals surface area (Å²) in [5.74, 6) is 0.527. The summed E-state index contributed by atoms with van der Waals surface area (Å²) in [7, 11) is -6.58. The second kappa shape index (κ2) is 16.4. The third-order valence-corrected chi connectivity index (χ3v) is 15.7. The predicted molar refractivity (Wildman–Crippen MR) is 235 cm³/mol. The highest BCUT2D eigenvalue weighted by atomic mass is 79.9. The Balaban J connectivity index is 0.000000225. The first kappa shape index (κ1) is 45.9. The van der Waals surface area contributed by atoms with E-state index in [2.05, 4.69) is 112 Å². The van der Waals surface area contributed by atoms with Gasteiger partial charge in [0.2, 0.25) is 0 Å². The van der Waals surface area contributed by atoms with E-state index in [-0.39, 0.29) is 32.0 Å². The monoisotopic (exact) mass is 932 g/mol. The van der Waals surface area contributed by atoms with Crippen molar-refractivity contribution in [2.24, 2.45) is 25.9 Å². The standard InChI is InChI=1S/C21H33N5O3SSi.C18H24BrN5O3S/c1-14-11-21(3,4)26(12-14)19-16(9-10-18(22-19)31(6,7)8)20(27)24-30(28,29)17-13-25(5)23-15(17)2;1-11-8-18(3,4)24(9-11)16-13(6-7-15(19)20-16)17(25)22-28(26,27)14-10-23(5)21-12(14)2/h9-10,13-14H,11-12H2,1-8H3,(H,24,27);6-7,10-11H,8-9H2,1-5H3,(H,22,25)/t14-;11-/m00/s1. The van der Waals surface area contributed by atoms with Gasteiger partial charge < -0.3 is 9.80 Å². The summed E-state index contributed by atoms with van der Waals surface area (Å²) in [5, 5.41) is 9.10. The molecule has 322 valence electrons. The smallest absolute Gasteiger partial charge is 0.268 e. The maximum atomic E-state index is 13.2. The first-order valence-corrected chi connectivity index (χ1v) is 26.7. The molecule has 2 amide bonds. The number of amides is 2. The van der Waals surface area contributed by atoms with Crippen molar-refractivity contribution in [3.63, 3.8) is 0 Å². The van der Waals surface area contributed by atoms with Crippen LogP contribution in [0, 0.1) is 25.7 Å². The Bertz CT molecular complexity index is 2500. The molecule has 16 nitrogen and oxygen atoms in total. The number of anilines is 2. The van der Waals surface area contributed by atoms with Crippen molar-refractivity contribution in [1.82, 2.24) is 39.0 Å². The minimum absolute atomic E-state index is 0.00768. The van der Waals surface area contributed by atoms with Crippen LogP contribution < -0.4 is 24.6 Å². The Morgan fingerprint density at radius 1 is 0.712 bits per heavy atom. The molecule has 59 heavy (non-hydrogen) atoms. The zero-order chi connectivity index (χ0) is 44.2. The molecule has 2 aliphatic heterocycles. The number of halogens is 1. The van der Waals surface area contributed by atoms with Crippen LogP contribution in [-0.2, 0) is 34.1 Å². The van der Waals surface area contributed by atoms with Gasteiger partial charge in [0.15, 0.2) is 0 Å². The van der Waals surface area contributed by atoms with E-state index in [1.165, 1.54) is 21.8 Å². The van der Waals surface area contributed by atoms with Crippen LogP contribution in [-0.4, -0.2) is 90.4 Å². The number of nitrogens with one attached hydrogen (secondary N) is 2. The van der Waals surface area contributed by atoms with Crippen LogP contribution in [0.1, 0.15) is 86.5 Å². The fourth-order valence-electron chi connectivity index (χ4n) is 8.12. The number of hydrogen-bond donors (Lipinski definition) is 2. The zero-order valence-corrected chi connectivity index (χ0v) is 40.4. The molecule has 20 heteroatoms. The van der Waals surface area contributed by atoms with Crippen molar-refractivity contribution in [1.29, 1.82) is 0 Å². The molecule has 4 aromatic heterocycles. The Kier molecular flexibility index (Phi) is 12.7. The summed E-state index contributed by atoms with van der Waals surface area (Å²) in [5.41, 5.74) is 0.778. The lowest BCUT2D eigenvalue weighted by Crippen LogP contribution is -2.45. The van der Waals surface area contributed by atoms with Crippen LogP contribution in [0.15, 0.2) is 51.1 Å². The molecule has 0 unspecified atom stereocenters. The molecule has 6 heterocycles. The van der Waals surface area contributed by atoms with E-state index < -0.39 is 39.9 Å². The quantitative estimate of drug-likeness (QED) is 0.168. The van der Waals surface area contributed by atoms with Gasteiger partial charge in [-0.15, -0.1) is 0 Å². The highest BCUT2D eigenvalue weighted by molar-refractivity contribution is 9.10. The van der Waals surface area contributed by atoms with Gasteiger partial charge in [-0.1, -0.05) is 33.5 Å². The van der Waals surface area contributed by atoms with Crippen molar-refractivity contribution >= 4 is 72.8 Å². The molecule has 0 spiro atoms. The average molecular weight is 934 g/mol. The third kappa shape index (κ3) is 10.1. The third-order valence-electron chi connectivity index (χ3n) is 10.6. The van der Waals surface area contributed by atoms with Gasteiger partial charge in [-0.25, -0.2) is 36.2 Å². The van der Waals surface area contributed by atoms with E-state index in [9.17, 15) is 26.4 Å². The Hall–Kier alpha value is -4.14. The number of aromatic nitrogens is 6. The number of carbonyl (C=O) groups excluding carboxylic acids is 2. The van der Waals surface area contributed by atoms with Gasteiger partial charge in [-0.3, -0.25) is 19.0 Å². The highest BCUT2D eigenvalue weighted by Gasteiger charge is 2.41. The highest BCUT2D eigenvalue weighted by Crippen LogP contribution is 2.39. The van der Waals surface area contributed by atoms with Gasteiger partial charge in [0.25, 0.3) is 31.9 Å². The molecule has 0 aliphatic carbocycles. The van der Waals surface area contributed by atoms with E-state index in [0.717, 1.165) is 31.2 Å². The minimum Gasteiger partial charge on any atom is -0.351 e. The molecule has 2 fully saturated rings. The topological polar surface area (TPSA) is 194 Å². The lowest BCUT2D eigenvalue weighted by Gasteiger charge is -2.34. The summed E-state index contributed by atoms with van der Waals surface area (Å²) in [6, 6.07) is 6.80. The molecule has 0 radical (unpaired) electrons. The maximum absolute atomic E-state index is 13.2. The number of pyridine rings is 2. The number of nitrogens with zero attached hydrogens (tertiary/aromatic N) is 8. The van der Waals surface area contributed by atoms with Crippen LogP contribution in [0.2, 0.25) is 19.6 Å². The van der Waals surface area contributed by atoms with Gasteiger partial charge in [0.05, 0.1) is 22.5 Å². The second-order valence-electron chi connectivity index (χ2n) is 18.2. The largest absolute Gasteiger partial charge is 0.351 e. The molecular weight excluding hydrogens is 877 g/mol. The molecular formula is C39H57BrN10O6S2Si. The van der Waals surface area contributed by atoms with Crippen molar-refractivity contribution in [3.8, 4) is 0 Å². The van der Waals surface area contributed by atoms with Gasteiger partial charge in [-0.2, -0.15) is 10.2 Å². The van der Waals surface area contributed by atoms with E-state index in [1.807, 2.05) is 6.07 Å². The van der Waals surface area contributed by atoms with Crippen LogP contribution in [0.5, 0.6) is 0 Å². The van der Waals surface area contributed by atoms with Crippen LogP contribution in [0.4, 0.5) is 11.6 Å². The average Bonchev–Trinajstić information content (AvgIpc) is 3.80. The minimum atomic E-state index is -4.06. The van der Waals surface area contributed by atoms with Crippen molar-refractivity contribution in [3.05, 3.63) is 63.8 Å². The molecule has 2 saturated heterocycles. The number of sulfonamides is 2. The Morgan fingerprint density at radius 3 is 1.44 bits per heavy atom. The summed E-state index contributed by atoms with van der Waals surface area (Å²) >= 11 is 3.36. The fourth-order valence-corrected chi connectivity index (χ4v) is 11.8. The SMILES string of the molecule is Cc1nn(C)cc1S(=O)(=O)NC(=O)c1ccc(Br)nc1N1C[C@@H](C)CC1(C)C.Cc1nn(C)cc1S(=O)(=O)NC(=O)c1ccc([Si](C)(C)C)nc1N1C[C@@H](C)CC1(C)C. The molecule has 2 N–H and O–H groups in total. The Labute approximate surface area is 357 Å². The summed E-state index contributed by atoms with van der Waals surface area (Å²) in [6.45, 7) is 24.1. The zero-order valence-electron chi connectivity index (χ0n) is 36.2. The predicted octanol–water partition coefficient (Wildman–Crippen LogP) is 5.04. The first-order chi connectivity index (χ1) is 27.0. The van der Waals surface area contributed by atoms with E-state index in [4.69, 9.17) is 4.98 Å². The molecule has 0 aromatic carbocycles. The number of carbonyl (C=O) groups is 2. The molecule has 2 aliphatic rings. The van der Waals surface area contributed by atoms with E-state index >= 15 is 0 Å². The molecule has 0 bridgehead atoms. The molecule has 6 rings (SSSR count). The maximum Gasteiger partial charge on any atom is 0.268 e. The summed E-state index contributed by atoms with van der Waals surface area (Å²) in [6.07, 6.45) is 4.69. The molecule has 0 saturated carbocycles. The number of hydrogen-bond acceptors (Lipinski definition) is 12. The van der Waals surface area contributed by atoms with E-state index in [0.29, 0.717) is 39.5 Å². The Morgan fingerprint density at radius 2 is 1.10 bits per heavy atom. The first-order valence-electron chi connectivity index (χ1n) is 19.4. The summed E-state index contributed by atoms with van der Waals surface area (Å²) in [4.78, 5) is 39.8. The van der Waals surface area contributed by atoms with Crippen LogP contribution >= 0.6 is 15.9 Å². The molecule has 2 atom stereocenters. The van der Waals surface area contributed by atoms with Crippen molar-refractivity contribution < 1.29 is 26.4 Å². The van der Waals surface area contributed by atoms with Crippen molar-refractivity contribution in [2.45, 2.75) is 109 Å². The normalized spacial score (nSPS) is 19.0. The molecule has 4 aromatic rings. The van der Waals surface area contributed by atoms with Gasteiger partial charge in [-0.05, 0) is 106 Å². The van der Waals surface area contributed by atoms with Crippen LogP contribution in [0.3, 0.4) is 0 Å². The second-order valence-corrected chi connectivity index (χ2v) is 27.3. The van der Waals surface area contributed by atoms with Gasteiger partial charge >= 0.3 is 0 Å². The summed E-state index contributed by atoms with van der Waals surface area (Å²) < 4.78 is 58.9. The number of rotatable bonds is 9. The van der Waals surface area contributed by atoms with Gasteiger partial charge in [0.1, 0.15) is 34.1 Å². The van der Waals surface area contributed by atoms with E-state index in [1.54, 1.807) is 46.1 Å². The number of aryl methyl sites for hydroxylation is 4. The lowest BCUT2D eigenvalue weighted by molar-refractivity contribution is 0.0972.